The number of carbonyl (C=O) groups excluding carboxylic acids is 1. The molecule has 1 heterocycles. The van der Waals surface area contributed by atoms with Gasteiger partial charge in [0, 0.05) is 6.54 Å². The molecule has 187 valence electrons. The number of carbonyl (C=O) groups is 1. The van der Waals surface area contributed by atoms with Crippen LogP contribution in [0.4, 0.5) is 0 Å². The number of benzene rings is 3. The summed E-state index contributed by atoms with van der Waals surface area (Å²) >= 11 is -1.18. The Morgan fingerprint density at radius 1 is 0.778 bits per heavy atom. The molecule has 3 N–H and O–H groups in total. The molecule has 0 unspecified atom stereocenters. The molecule has 1 amide bonds. The van der Waals surface area contributed by atoms with Gasteiger partial charge in [0.1, 0.15) is 0 Å². The van der Waals surface area contributed by atoms with Crippen LogP contribution in [-0.2, 0) is 6.54 Å². The topological polar surface area (TPSA) is 68.0 Å². The molecule has 0 aliphatic carbocycles. The van der Waals surface area contributed by atoms with Gasteiger partial charge in [-0.2, -0.15) is 0 Å². The standard InChI is InChI=1S/C27H24N3O.2CH3.2ClH.Sn/c1-2-29-27(31)23-14-12-22(13-15-23)26-17-24(20-10-8-19(18-28)9-11-20)16-25(30-26)21-6-4-3-5-7-21;;;;;/h3-17H,1-2,18,28H2,(H,29,31);2*1H3;2*1H;. The molecule has 0 aliphatic rings. The molecule has 3 aromatic carbocycles. The third kappa shape index (κ3) is 7.81. The second kappa shape index (κ2) is 14.4. The third-order valence-electron chi connectivity index (χ3n) is 5.77. The van der Waals surface area contributed by atoms with E-state index in [-0.39, 0.29) is 30.7 Å². The van der Waals surface area contributed by atoms with Crippen LogP contribution in [0.15, 0.2) is 91.0 Å². The van der Waals surface area contributed by atoms with Gasteiger partial charge < -0.3 is 5.73 Å². The Kier molecular flexibility index (Phi) is 11.9. The van der Waals surface area contributed by atoms with Crippen molar-refractivity contribution in [3.05, 3.63) is 102 Å². The zero-order valence-corrected chi connectivity index (χ0v) is 25.0. The number of halogens is 2. The van der Waals surface area contributed by atoms with Crippen molar-refractivity contribution in [2.45, 2.75) is 20.9 Å². The molecule has 0 saturated carbocycles. The molecule has 36 heavy (non-hydrogen) atoms. The molecule has 1 radical (unpaired) electrons. The van der Waals surface area contributed by atoms with E-state index >= 15 is 0 Å². The van der Waals surface area contributed by atoms with Gasteiger partial charge in [-0.15, -0.1) is 24.8 Å². The molecule has 0 fully saturated rings. The summed E-state index contributed by atoms with van der Waals surface area (Å²) in [5, 5.41) is 3.05. The molecule has 1 aromatic heterocycles. The Morgan fingerprint density at radius 3 is 1.89 bits per heavy atom. The molecular formula is C29H32Cl2N3OSn. The number of hydrogen-bond donors (Lipinski definition) is 2. The second-order valence-corrected chi connectivity index (χ2v) is 17.0. The average Bonchev–Trinajstić information content (AvgIpc) is 2.89. The molecule has 0 bridgehead atoms. The summed E-state index contributed by atoms with van der Waals surface area (Å²) in [5.74, 6) is -0.0112. The van der Waals surface area contributed by atoms with Crippen molar-refractivity contribution in [2.24, 2.45) is 5.73 Å². The predicted octanol–water partition coefficient (Wildman–Crippen LogP) is 6.87. The van der Waals surface area contributed by atoms with E-state index < -0.39 is 19.8 Å². The first-order valence-corrected chi connectivity index (χ1v) is 19.3. The number of hydrogen-bond acceptors (Lipinski definition) is 3. The van der Waals surface area contributed by atoms with Gasteiger partial charge in [0.2, 0.25) is 0 Å². The van der Waals surface area contributed by atoms with Gasteiger partial charge in [-0.1, -0.05) is 54.6 Å². The fourth-order valence-corrected chi connectivity index (χ4v) is 5.54. The van der Waals surface area contributed by atoms with Crippen LogP contribution in [0.2, 0.25) is 14.3 Å². The van der Waals surface area contributed by atoms with Crippen molar-refractivity contribution in [3.8, 4) is 33.6 Å². The Morgan fingerprint density at radius 2 is 1.33 bits per heavy atom. The molecular weight excluding hydrogens is 596 g/mol. The van der Waals surface area contributed by atoms with Gasteiger partial charge in [-0.25, -0.2) is 0 Å². The van der Waals surface area contributed by atoms with Crippen molar-refractivity contribution < 1.29 is 4.79 Å². The minimum absolute atomic E-state index is 0. The Labute approximate surface area is 233 Å². The van der Waals surface area contributed by atoms with E-state index in [0.717, 1.165) is 50.2 Å². The van der Waals surface area contributed by atoms with Crippen molar-refractivity contribution in [1.29, 1.82) is 0 Å². The predicted molar refractivity (Wildman–Crippen MR) is 158 cm³/mol. The number of rotatable bonds is 8. The summed E-state index contributed by atoms with van der Waals surface area (Å²) in [7, 11) is 0. The van der Waals surface area contributed by atoms with Gasteiger partial charge >= 0.3 is 137 Å². The Hall–Kier alpha value is -2.38. The number of aromatic nitrogens is 1. The Balaban J connectivity index is 0.00000228. The van der Waals surface area contributed by atoms with Crippen LogP contribution >= 0.6 is 24.8 Å². The van der Waals surface area contributed by atoms with Gasteiger partial charge in [-0.05, 0) is 5.56 Å². The molecule has 0 atom stereocenters. The van der Waals surface area contributed by atoms with Crippen molar-refractivity contribution in [1.82, 2.24) is 10.3 Å². The normalized spacial score (nSPS) is 10.3. The fraction of sp³-hybridized carbons (Fsp3) is 0.172. The SMILES string of the molecule is Cl.Cl.[CH3][Sn]([CH3])[CH2]CNC(=O)c1ccc(-c2cc(-c3ccc(CN)cc3)cc(-c3ccccc3)n2)cc1. The maximum atomic E-state index is 12.5. The van der Waals surface area contributed by atoms with E-state index in [2.05, 4.69) is 63.7 Å². The van der Waals surface area contributed by atoms with Crippen LogP contribution in [0.3, 0.4) is 0 Å². The van der Waals surface area contributed by atoms with E-state index in [1.807, 2.05) is 42.5 Å². The molecule has 0 aliphatic heterocycles. The number of pyridine rings is 1. The van der Waals surface area contributed by atoms with Gasteiger partial charge in [0.25, 0.3) is 0 Å². The molecule has 7 heteroatoms. The van der Waals surface area contributed by atoms with E-state index in [1.54, 1.807) is 0 Å². The van der Waals surface area contributed by atoms with Crippen LogP contribution in [0.25, 0.3) is 33.6 Å². The first-order chi connectivity index (χ1) is 16.5. The average molecular weight is 628 g/mol. The maximum absolute atomic E-state index is 12.5. The third-order valence-corrected chi connectivity index (χ3v) is 9.34. The van der Waals surface area contributed by atoms with Gasteiger partial charge in [-0.3, -0.25) is 0 Å². The zero-order valence-electron chi connectivity index (χ0n) is 20.5. The number of nitrogens with one attached hydrogen (secondary N) is 1. The summed E-state index contributed by atoms with van der Waals surface area (Å²) in [5.41, 5.74) is 13.6. The van der Waals surface area contributed by atoms with E-state index in [0.29, 0.717) is 12.1 Å². The van der Waals surface area contributed by atoms with Crippen molar-refractivity contribution >= 4 is 50.5 Å². The molecule has 4 nitrogen and oxygen atoms in total. The summed E-state index contributed by atoms with van der Waals surface area (Å²) in [6.07, 6.45) is 0. The first-order valence-electron chi connectivity index (χ1n) is 11.6. The first kappa shape index (κ1) is 29.8. The summed E-state index contributed by atoms with van der Waals surface area (Å²) in [6, 6.07) is 30.5. The van der Waals surface area contributed by atoms with Crippen LogP contribution in [0.1, 0.15) is 15.9 Å². The molecule has 0 saturated heterocycles. The Bertz CT molecular complexity index is 1250. The number of amides is 1. The summed E-state index contributed by atoms with van der Waals surface area (Å²) in [4.78, 5) is 22.1. The monoisotopic (exact) mass is 628 g/mol. The summed E-state index contributed by atoms with van der Waals surface area (Å²) < 4.78 is 1.16. The molecule has 4 rings (SSSR count). The van der Waals surface area contributed by atoms with E-state index in [9.17, 15) is 4.79 Å². The van der Waals surface area contributed by atoms with Crippen LogP contribution in [0.5, 0.6) is 0 Å². The quantitative estimate of drug-likeness (QED) is 0.210. The summed E-state index contributed by atoms with van der Waals surface area (Å²) in [6.45, 7) is 1.30. The zero-order chi connectivity index (χ0) is 23.9. The second-order valence-electron chi connectivity index (χ2n) is 8.68. The number of nitrogens with zero attached hydrogens (tertiary/aromatic N) is 1. The van der Waals surface area contributed by atoms with E-state index in [4.69, 9.17) is 10.7 Å². The van der Waals surface area contributed by atoms with Crippen LogP contribution in [-0.4, -0.2) is 37.2 Å². The van der Waals surface area contributed by atoms with Crippen molar-refractivity contribution in [3.63, 3.8) is 0 Å². The van der Waals surface area contributed by atoms with Gasteiger partial charge in [0.05, 0.1) is 0 Å². The molecule has 0 spiro atoms. The number of nitrogens with two attached hydrogens (primary N) is 1. The van der Waals surface area contributed by atoms with Crippen LogP contribution < -0.4 is 11.1 Å². The fourth-order valence-electron chi connectivity index (χ4n) is 3.76. The van der Waals surface area contributed by atoms with Gasteiger partial charge in [0.15, 0.2) is 0 Å². The van der Waals surface area contributed by atoms with Crippen molar-refractivity contribution in [2.75, 3.05) is 6.54 Å². The molecule has 4 aromatic rings. The minimum atomic E-state index is -1.18. The van der Waals surface area contributed by atoms with E-state index in [1.165, 1.54) is 0 Å². The van der Waals surface area contributed by atoms with Crippen LogP contribution in [0, 0.1) is 0 Å².